The number of carbonyl (C=O) groups excluding carboxylic acids is 1. The van der Waals surface area contributed by atoms with Crippen LogP contribution in [-0.2, 0) is 14.6 Å². The quantitative estimate of drug-likeness (QED) is 0.334. The Balaban J connectivity index is 1.38. The molecule has 1 saturated heterocycles. The molecule has 3 fully saturated rings. The monoisotopic (exact) mass is 601 g/mol. The predicted molar refractivity (Wildman–Crippen MR) is 161 cm³/mol. The molecule has 0 spiro atoms. The normalized spacial score (nSPS) is 22.6. The highest BCUT2D eigenvalue weighted by atomic mass is 35.5. The number of sulfone groups is 1. The lowest BCUT2D eigenvalue weighted by molar-refractivity contribution is -0.125. The largest absolute Gasteiger partial charge is 0.369 e. The minimum atomic E-state index is -2.98. The molecule has 0 amide bonds. The van der Waals surface area contributed by atoms with Crippen molar-refractivity contribution in [2.24, 2.45) is 11.3 Å². The van der Waals surface area contributed by atoms with Gasteiger partial charge in [0.15, 0.2) is 9.84 Å². The highest BCUT2D eigenvalue weighted by Gasteiger charge is 2.47. The van der Waals surface area contributed by atoms with E-state index in [1.807, 2.05) is 30.5 Å². The second kappa shape index (κ2) is 11.2. The van der Waals surface area contributed by atoms with Crippen LogP contribution in [0.5, 0.6) is 0 Å². The fourth-order valence-corrected chi connectivity index (χ4v) is 7.79. The zero-order valence-corrected chi connectivity index (χ0v) is 24.9. The molecule has 3 aromatic rings. The van der Waals surface area contributed by atoms with Crippen molar-refractivity contribution in [2.45, 2.75) is 50.9 Å². The highest BCUT2D eigenvalue weighted by Crippen LogP contribution is 2.51. The molecular weight excluding hydrogens is 570 g/mol. The Morgan fingerprint density at radius 2 is 1.76 bits per heavy atom. The zero-order chi connectivity index (χ0) is 29.5. The lowest BCUT2D eigenvalue weighted by atomic mass is 9.72. The van der Waals surface area contributed by atoms with Gasteiger partial charge in [0.05, 0.1) is 39.9 Å². The lowest BCUT2D eigenvalue weighted by Gasteiger charge is -2.31. The number of ketones is 1. The number of benzene rings is 2. The maximum absolute atomic E-state index is 13.6. The van der Waals surface area contributed by atoms with E-state index >= 15 is 0 Å². The minimum Gasteiger partial charge on any atom is -0.369 e. The Kier molecular flexibility index (Phi) is 7.59. The second-order valence-corrected chi connectivity index (χ2v) is 14.6. The van der Waals surface area contributed by atoms with Gasteiger partial charge < -0.3 is 4.90 Å². The van der Waals surface area contributed by atoms with Crippen molar-refractivity contribution < 1.29 is 13.2 Å². The first-order valence-electron chi connectivity index (χ1n) is 14.5. The van der Waals surface area contributed by atoms with Gasteiger partial charge >= 0.3 is 0 Å². The minimum absolute atomic E-state index is 0.0955. The fraction of sp³-hybridized carbons (Fsp3) is 0.438. The molecule has 1 aliphatic heterocycles. The first-order chi connectivity index (χ1) is 20.2. The summed E-state index contributed by atoms with van der Waals surface area (Å²) in [5.41, 5.74) is 4.14. The van der Waals surface area contributed by atoms with Gasteiger partial charge in [0.1, 0.15) is 11.9 Å². The van der Waals surface area contributed by atoms with Gasteiger partial charge in [-0.3, -0.25) is 4.79 Å². The molecule has 1 aromatic heterocycles. The summed E-state index contributed by atoms with van der Waals surface area (Å²) in [4.78, 5) is 15.7. The zero-order valence-electron chi connectivity index (χ0n) is 23.3. The summed E-state index contributed by atoms with van der Waals surface area (Å²) in [5.74, 6) is 0.152. The van der Waals surface area contributed by atoms with Gasteiger partial charge in [-0.05, 0) is 61.6 Å². The van der Waals surface area contributed by atoms with Gasteiger partial charge in [-0.15, -0.1) is 0 Å². The number of rotatable bonds is 7. The van der Waals surface area contributed by atoms with Crippen molar-refractivity contribution >= 4 is 32.9 Å². The van der Waals surface area contributed by atoms with Crippen molar-refractivity contribution in [3.05, 3.63) is 64.9 Å². The molecule has 2 heterocycles. The van der Waals surface area contributed by atoms with Crippen LogP contribution >= 0.6 is 11.6 Å². The van der Waals surface area contributed by atoms with Crippen LogP contribution in [0.2, 0.25) is 5.02 Å². The number of Topliss-reactive ketones (excluding diaryl/α,β-unsaturated/α-hetero) is 1. The molecule has 0 unspecified atom stereocenters. The molecule has 2 saturated carbocycles. The smallest absolute Gasteiger partial charge is 0.153 e. The Bertz CT molecular complexity index is 1700. The topological polar surface area (TPSA) is 120 Å². The Morgan fingerprint density at radius 1 is 1.05 bits per heavy atom. The number of nitrogens with zero attached hydrogens (tertiary/aromatic N) is 5. The van der Waals surface area contributed by atoms with Gasteiger partial charge in [0.2, 0.25) is 0 Å². The molecule has 6 rings (SSSR count). The van der Waals surface area contributed by atoms with Crippen LogP contribution < -0.4 is 4.90 Å². The number of hydrogen-bond donors (Lipinski definition) is 0. The van der Waals surface area contributed by atoms with Crippen molar-refractivity contribution in [3.63, 3.8) is 0 Å². The van der Waals surface area contributed by atoms with Gasteiger partial charge in [0.25, 0.3) is 0 Å². The molecule has 3 aliphatic rings. The fourth-order valence-electron chi connectivity index (χ4n) is 6.41. The van der Waals surface area contributed by atoms with Crippen LogP contribution in [0.15, 0.2) is 48.7 Å². The molecule has 0 radical (unpaired) electrons. The van der Waals surface area contributed by atoms with E-state index in [1.165, 1.54) is 0 Å². The summed E-state index contributed by atoms with van der Waals surface area (Å²) in [6.07, 6.45) is 7.37. The van der Waals surface area contributed by atoms with Gasteiger partial charge in [-0.2, -0.15) is 15.6 Å². The third kappa shape index (κ3) is 5.69. The third-order valence-corrected chi connectivity index (χ3v) is 10.9. The van der Waals surface area contributed by atoms with Crippen molar-refractivity contribution in [3.8, 4) is 29.0 Å². The summed E-state index contributed by atoms with van der Waals surface area (Å²) < 4.78 is 25.5. The summed E-state index contributed by atoms with van der Waals surface area (Å²) in [6, 6.07) is 17.8. The third-order valence-electron chi connectivity index (χ3n) is 9.09. The molecule has 2 atom stereocenters. The highest BCUT2D eigenvalue weighted by molar-refractivity contribution is 7.91. The molecule has 42 heavy (non-hydrogen) atoms. The second-order valence-electron chi connectivity index (χ2n) is 11.9. The van der Waals surface area contributed by atoms with E-state index < -0.39 is 15.3 Å². The number of hydrogen-bond acceptors (Lipinski definition) is 7. The van der Waals surface area contributed by atoms with E-state index in [4.69, 9.17) is 16.7 Å². The van der Waals surface area contributed by atoms with E-state index in [1.54, 1.807) is 22.9 Å². The van der Waals surface area contributed by atoms with Crippen molar-refractivity contribution in [1.29, 1.82) is 10.5 Å². The summed E-state index contributed by atoms with van der Waals surface area (Å²) >= 11 is 6.18. The van der Waals surface area contributed by atoms with Crippen LogP contribution in [-0.4, -0.2) is 48.6 Å². The Hall–Kier alpha value is -3.66. The number of nitriles is 2. The molecule has 2 aromatic carbocycles. The van der Waals surface area contributed by atoms with E-state index in [0.29, 0.717) is 35.8 Å². The average molecular weight is 602 g/mol. The summed E-state index contributed by atoms with van der Waals surface area (Å²) in [7, 11) is -2.98. The summed E-state index contributed by atoms with van der Waals surface area (Å²) in [5, 5.41) is 25.0. The number of halogens is 1. The van der Waals surface area contributed by atoms with Crippen molar-refractivity contribution in [2.75, 3.05) is 29.5 Å². The van der Waals surface area contributed by atoms with Crippen LogP contribution in [0.3, 0.4) is 0 Å². The van der Waals surface area contributed by atoms with E-state index in [9.17, 15) is 23.7 Å². The number of anilines is 1. The molecule has 2 aliphatic carbocycles. The van der Waals surface area contributed by atoms with Crippen LogP contribution in [0.1, 0.15) is 62.1 Å². The number of carbonyl (C=O) groups is 1. The number of aromatic nitrogens is 2. The van der Waals surface area contributed by atoms with E-state index in [2.05, 4.69) is 17.0 Å². The average Bonchev–Trinajstić information content (AvgIpc) is 3.64. The maximum Gasteiger partial charge on any atom is 0.153 e. The van der Waals surface area contributed by atoms with Gasteiger partial charge in [-0.1, -0.05) is 36.6 Å². The van der Waals surface area contributed by atoms with E-state index in [-0.39, 0.29) is 29.1 Å². The van der Waals surface area contributed by atoms with Crippen LogP contribution in [0, 0.1) is 34.0 Å². The Morgan fingerprint density at radius 3 is 2.43 bits per heavy atom. The summed E-state index contributed by atoms with van der Waals surface area (Å²) in [6.45, 7) is 0.933. The van der Waals surface area contributed by atoms with Gasteiger partial charge in [0, 0.05) is 53.8 Å². The first kappa shape index (κ1) is 28.5. The van der Waals surface area contributed by atoms with E-state index in [0.717, 1.165) is 61.0 Å². The molecular formula is C32H32ClN5O3S. The lowest BCUT2D eigenvalue weighted by Crippen LogP contribution is -2.40. The first-order valence-corrected chi connectivity index (χ1v) is 16.7. The standard InChI is InChI=1S/C32H32ClN5O3S/c33-24-7-10-29(23(17-24)19-34)38-20-28(22-5-8-25(9-6-22)37-13-15-42(40,41)16-14-37)31(36-38)27-4-2-1-3-26(27)30(39)18-32(21-35)11-12-32/h5-10,17,20,26-27H,1-4,11-16,18H2/t26-,27-/m1/s1. The molecule has 0 N–H and O–H groups in total. The molecule has 10 heteroatoms. The molecule has 0 bridgehead atoms. The van der Waals surface area contributed by atoms with Crippen LogP contribution in [0.25, 0.3) is 16.8 Å². The van der Waals surface area contributed by atoms with Gasteiger partial charge in [-0.25, -0.2) is 13.1 Å². The SMILES string of the molecule is N#Cc1cc(Cl)ccc1-n1cc(-c2ccc(N3CCS(=O)(=O)CC3)cc2)c([C@@H]2CCCC[C@H]2C(=O)CC2(C#N)CC2)n1. The molecule has 216 valence electrons. The Labute approximate surface area is 251 Å². The van der Waals surface area contributed by atoms with Crippen LogP contribution in [0.4, 0.5) is 5.69 Å². The van der Waals surface area contributed by atoms with Crippen molar-refractivity contribution in [1.82, 2.24) is 9.78 Å². The maximum atomic E-state index is 13.6. The predicted octanol–water partition coefficient (Wildman–Crippen LogP) is 5.84. The molecule has 8 nitrogen and oxygen atoms in total.